The Morgan fingerprint density at radius 3 is 2.85 bits per heavy atom. The molecule has 72 valence electrons. The van der Waals surface area contributed by atoms with Crippen molar-refractivity contribution in [2.24, 2.45) is 5.84 Å². The third-order valence-corrected chi connectivity index (χ3v) is 1.45. The molecule has 1 aromatic rings. The van der Waals surface area contributed by atoms with Gasteiger partial charge in [-0.2, -0.15) is 0 Å². The first kappa shape index (κ1) is 9.69. The Hall–Kier alpha value is -1.40. The summed E-state index contributed by atoms with van der Waals surface area (Å²) < 4.78 is 0. The smallest absolute Gasteiger partial charge is 0.160 e. The highest BCUT2D eigenvalue weighted by molar-refractivity contribution is 5.41. The van der Waals surface area contributed by atoms with E-state index >= 15 is 0 Å². The van der Waals surface area contributed by atoms with E-state index in [4.69, 9.17) is 10.9 Å². The largest absolute Gasteiger partial charge is 0.394 e. The number of hydrogen-bond donors (Lipinski definition) is 4. The van der Waals surface area contributed by atoms with E-state index in [1.54, 1.807) is 6.20 Å². The summed E-state index contributed by atoms with van der Waals surface area (Å²) in [5.74, 6) is 6.21. The zero-order valence-corrected chi connectivity index (χ0v) is 7.36. The van der Waals surface area contributed by atoms with Crippen molar-refractivity contribution in [2.45, 2.75) is 13.0 Å². The van der Waals surface area contributed by atoms with Crippen LogP contribution in [0.25, 0.3) is 0 Å². The molecule has 6 nitrogen and oxygen atoms in total. The van der Waals surface area contributed by atoms with Crippen LogP contribution in [-0.2, 0) is 0 Å². The van der Waals surface area contributed by atoms with E-state index < -0.39 is 0 Å². The van der Waals surface area contributed by atoms with Gasteiger partial charge in [0.1, 0.15) is 5.82 Å². The molecule has 0 amide bonds. The Bertz CT molecular complexity index is 267. The van der Waals surface area contributed by atoms with Gasteiger partial charge < -0.3 is 15.8 Å². The van der Waals surface area contributed by atoms with Gasteiger partial charge in [-0.3, -0.25) is 4.98 Å². The number of aliphatic hydroxyl groups is 1. The maximum absolute atomic E-state index is 8.77. The van der Waals surface area contributed by atoms with Crippen molar-refractivity contribution < 1.29 is 5.11 Å². The van der Waals surface area contributed by atoms with Crippen LogP contribution in [0.3, 0.4) is 0 Å². The van der Waals surface area contributed by atoms with Crippen LogP contribution in [0.4, 0.5) is 11.6 Å². The molecule has 0 saturated heterocycles. The number of aliphatic hydroxyl groups excluding tert-OH is 1. The van der Waals surface area contributed by atoms with Crippen LogP contribution >= 0.6 is 0 Å². The topological polar surface area (TPSA) is 96.1 Å². The van der Waals surface area contributed by atoms with Crippen LogP contribution < -0.4 is 16.6 Å². The van der Waals surface area contributed by atoms with Crippen molar-refractivity contribution in [3.8, 4) is 0 Å². The fourth-order valence-electron chi connectivity index (χ4n) is 0.803. The Balaban J connectivity index is 2.66. The molecule has 0 bridgehead atoms. The van der Waals surface area contributed by atoms with E-state index in [1.807, 2.05) is 6.92 Å². The molecular formula is C7H13N5O. The second-order valence-corrected chi connectivity index (χ2v) is 2.66. The zero-order valence-electron chi connectivity index (χ0n) is 7.36. The molecule has 1 aromatic heterocycles. The Morgan fingerprint density at radius 2 is 2.23 bits per heavy atom. The number of aromatic nitrogens is 2. The summed E-state index contributed by atoms with van der Waals surface area (Å²) in [7, 11) is 0. The van der Waals surface area contributed by atoms with E-state index in [0.29, 0.717) is 11.6 Å². The predicted octanol–water partition coefficient (Wildman–Crippen LogP) is -0.445. The maximum atomic E-state index is 8.77. The van der Waals surface area contributed by atoms with Crippen LogP contribution in [0.5, 0.6) is 0 Å². The second-order valence-electron chi connectivity index (χ2n) is 2.66. The molecule has 1 heterocycles. The first-order chi connectivity index (χ1) is 6.26. The van der Waals surface area contributed by atoms with Crippen molar-refractivity contribution >= 4 is 11.6 Å². The molecule has 0 saturated carbocycles. The average molecular weight is 183 g/mol. The fraction of sp³-hybridized carbons (Fsp3) is 0.429. The van der Waals surface area contributed by atoms with Crippen molar-refractivity contribution in [2.75, 3.05) is 17.3 Å². The fourth-order valence-corrected chi connectivity index (χ4v) is 0.803. The van der Waals surface area contributed by atoms with Gasteiger partial charge in [-0.05, 0) is 6.92 Å². The molecule has 0 radical (unpaired) electrons. The van der Waals surface area contributed by atoms with Crippen LogP contribution in [0.15, 0.2) is 12.4 Å². The van der Waals surface area contributed by atoms with E-state index in [9.17, 15) is 0 Å². The highest BCUT2D eigenvalue weighted by Crippen LogP contribution is 2.05. The first-order valence-corrected chi connectivity index (χ1v) is 3.92. The lowest BCUT2D eigenvalue weighted by atomic mass is 10.4. The minimum Gasteiger partial charge on any atom is -0.394 e. The van der Waals surface area contributed by atoms with E-state index in [0.717, 1.165) is 0 Å². The molecule has 1 rings (SSSR count). The summed E-state index contributed by atoms with van der Waals surface area (Å²) in [6, 6.07) is -0.0534. The SMILES string of the molecule is CC(CO)Nc1cncc(NN)n1. The molecule has 1 unspecified atom stereocenters. The van der Waals surface area contributed by atoms with Gasteiger partial charge in [0.25, 0.3) is 0 Å². The zero-order chi connectivity index (χ0) is 9.68. The number of hydrazine groups is 1. The molecule has 0 aliphatic heterocycles. The molecule has 13 heavy (non-hydrogen) atoms. The number of nitrogens with two attached hydrogens (primary N) is 1. The van der Waals surface area contributed by atoms with Gasteiger partial charge in [-0.25, -0.2) is 10.8 Å². The molecule has 0 fully saturated rings. The van der Waals surface area contributed by atoms with Gasteiger partial charge in [-0.15, -0.1) is 0 Å². The van der Waals surface area contributed by atoms with Crippen molar-refractivity contribution in [1.29, 1.82) is 0 Å². The minimum atomic E-state index is -0.0534. The third kappa shape index (κ3) is 2.85. The van der Waals surface area contributed by atoms with E-state index in [1.165, 1.54) is 6.20 Å². The summed E-state index contributed by atoms with van der Waals surface area (Å²) in [6.07, 6.45) is 3.07. The number of nitrogen functional groups attached to an aromatic ring is 1. The van der Waals surface area contributed by atoms with Gasteiger partial charge in [0, 0.05) is 6.04 Å². The molecule has 0 aromatic carbocycles. The summed E-state index contributed by atoms with van der Waals surface area (Å²) in [6.45, 7) is 1.88. The molecule has 0 spiro atoms. The van der Waals surface area contributed by atoms with Gasteiger partial charge >= 0.3 is 0 Å². The Kier molecular flexibility index (Phi) is 3.41. The van der Waals surface area contributed by atoms with E-state index in [2.05, 4.69) is 20.7 Å². The second kappa shape index (κ2) is 4.58. The quantitative estimate of drug-likeness (QED) is 0.373. The monoisotopic (exact) mass is 183 g/mol. The van der Waals surface area contributed by atoms with Crippen LogP contribution in [-0.4, -0.2) is 27.7 Å². The molecule has 6 heteroatoms. The van der Waals surface area contributed by atoms with Gasteiger partial charge in [0.15, 0.2) is 5.82 Å². The average Bonchev–Trinajstić information content (AvgIpc) is 2.18. The van der Waals surface area contributed by atoms with E-state index in [-0.39, 0.29) is 12.6 Å². The number of hydrogen-bond acceptors (Lipinski definition) is 6. The standard InChI is InChI=1S/C7H13N5O/c1-5(4-13)10-6-2-9-3-7(11-6)12-8/h2-3,5,13H,4,8H2,1H3,(H2,10,11,12). The highest BCUT2D eigenvalue weighted by atomic mass is 16.3. The molecule has 1 atom stereocenters. The lowest BCUT2D eigenvalue weighted by Crippen LogP contribution is -2.20. The number of nitrogens with zero attached hydrogens (tertiary/aromatic N) is 2. The summed E-state index contributed by atoms with van der Waals surface area (Å²) in [4.78, 5) is 7.95. The van der Waals surface area contributed by atoms with Crippen molar-refractivity contribution in [3.05, 3.63) is 12.4 Å². The van der Waals surface area contributed by atoms with Crippen LogP contribution in [0.2, 0.25) is 0 Å². The summed E-state index contributed by atoms with van der Waals surface area (Å²) in [5.41, 5.74) is 2.38. The summed E-state index contributed by atoms with van der Waals surface area (Å²) in [5, 5.41) is 11.7. The van der Waals surface area contributed by atoms with Crippen molar-refractivity contribution in [1.82, 2.24) is 9.97 Å². The van der Waals surface area contributed by atoms with Crippen LogP contribution in [0, 0.1) is 0 Å². The third-order valence-electron chi connectivity index (χ3n) is 1.45. The molecular weight excluding hydrogens is 170 g/mol. The Morgan fingerprint density at radius 1 is 1.54 bits per heavy atom. The lowest BCUT2D eigenvalue weighted by Gasteiger charge is -2.11. The molecule has 0 aliphatic carbocycles. The van der Waals surface area contributed by atoms with Gasteiger partial charge in [0.2, 0.25) is 0 Å². The summed E-state index contributed by atoms with van der Waals surface area (Å²) >= 11 is 0. The predicted molar refractivity (Wildman–Crippen MR) is 50.0 cm³/mol. The Labute approximate surface area is 76.2 Å². The first-order valence-electron chi connectivity index (χ1n) is 3.92. The molecule has 0 aliphatic rings. The molecule has 5 N–H and O–H groups in total. The lowest BCUT2D eigenvalue weighted by molar-refractivity contribution is 0.281. The number of nitrogens with one attached hydrogen (secondary N) is 2. The highest BCUT2D eigenvalue weighted by Gasteiger charge is 2.01. The maximum Gasteiger partial charge on any atom is 0.160 e. The minimum absolute atomic E-state index is 0.0436. The van der Waals surface area contributed by atoms with Crippen molar-refractivity contribution in [3.63, 3.8) is 0 Å². The normalized spacial score (nSPS) is 12.2. The number of rotatable bonds is 4. The van der Waals surface area contributed by atoms with Crippen LogP contribution in [0.1, 0.15) is 6.92 Å². The number of anilines is 2. The van der Waals surface area contributed by atoms with Gasteiger partial charge in [0.05, 0.1) is 19.0 Å². The van der Waals surface area contributed by atoms with Gasteiger partial charge in [-0.1, -0.05) is 0 Å².